The van der Waals surface area contributed by atoms with Gasteiger partial charge in [-0.2, -0.15) is 11.8 Å². The monoisotopic (exact) mass is 316 g/mol. The van der Waals surface area contributed by atoms with Gasteiger partial charge in [0.05, 0.1) is 4.47 Å². The lowest BCUT2D eigenvalue weighted by molar-refractivity contribution is 0.574. The van der Waals surface area contributed by atoms with Crippen LogP contribution in [0.2, 0.25) is 0 Å². The lowest BCUT2D eigenvalue weighted by Gasteiger charge is -2.30. The molecule has 1 aromatic rings. The van der Waals surface area contributed by atoms with E-state index in [1.54, 1.807) is 0 Å². The summed E-state index contributed by atoms with van der Waals surface area (Å²) in [6.45, 7) is 7.50. The van der Waals surface area contributed by atoms with Gasteiger partial charge in [0.15, 0.2) is 0 Å². The maximum atomic E-state index is 4.42. The minimum Gasteiger partial charge on any atom is -0.368 e. The van der Waals surface area contributed by atoms with Crippen LogP contribution in [0, 0.1) is 6.92 Å². The highest BCUT2D eigenvalue weighted by Crippen LogP contribution is 2.31. The van der Waals surface area contributed by atoms with Gasteiger partial charge < -0.3 is 5.32 Å². The maximum Gasteiger partial charge on any atom is 0.140 e. The molecule has 0 bridgehead atoms. The van der Waals surface area contributed by atoms with Gasteiger partial charge in [-0.15, -0.1) is 0 Å². The molecule has 17 heavy (non-hydrogen) atoms. The first-order valence-corrected chi connectivity index (χ1v) is 8.00. The van der Waals surface area contributed by atoms with Crippen LogP contribution < -0.4 is 5.32 Å². The number of aromatic nitrogens is 1. The molecule has 0 saturated heterocycles. The normalized spacial score (nSPS) is 11.6. The van der Waals surface area contributed by atoms with E-state index in [0.29, 0.717) is 4.75 Å². The van der Waals surface area contributed by atoms with E-state index in [-0.39, 0.29) is 0 Å². The first-order valence-electron chi connectivity index (χ1n) is 5.98. The second kappa shape index (κ2) is 6.64. The van der Waals surface area contributed by atoms with Crippen LogP contribution >= 0.6 is 27.7 Å². The third-order valence-electron chi connectivity index (χ3n) is 3.28. The number of aryl methyl sites for hydroxylation is 1. The van der Waals surface area contributed by atoms with E-state index in [1.165, 1.54) is 18.4 Å². The smallest absolute Gasteiger partial charge is 0.140 e. The van der Waals surface area contributed by atoms with Gasteiger partial charge in [0.2, 0.25) is 0 Å². The molecule has 0 saturated carbocycles. The molecule has 1 heterocycles. The Labute approximate surface area is 117 Å². The highest BCUT2D eigenvalue weighted by atomic mass is 79.9. The summed E-state index contributed by atoms with van der Waals surface area (Å²) in [5, 5.41) is 3.46. The van der Waals surface area contributed by atoms with Crippen molar-refractivity contribution in [2.45, 2.75) is 38.4 Å². The van der Waals surface area contributed by atoms with E-state index >= 15 is 0 Å². The largest absolute Gasteiger partial charge is 0.368 e. The zero-order valence-electron chi connectivity index (χ0n) is 11.0. The highest BCUT2D eigenvalue weighted by molar-refractivity contribution is 9.10. The molecular weight excluding hydrogens is 296 g/mol. The van der Waals surface area contributed by atoms with Gasteiger partial charge in [-0.1, -0.05) is 13.8 Å². The average Bonchev–Trinajstić information content (AvgIpc) is 2.33. The molecule has 0 aliphatic rings. The second-order valence-corrected chi connectivity index (χ2v) is 6.42. The molecule has 0 aromatic carbocycles. The summed E-state index contributed by atoms with van der Waals surface area (Å²) in [7, 11) is 0. The lowest BCUT2D eigenvalue weighted by Crippen LogP contribution is -2.32. The van der Waals surface area contributed by atoms with Crippen LogP contribution in [0.5, 0.6) is 0 Å². The minimum absolute atomic E-state index is 0.312. The Morgan fingerprint density at radius 1 is 1.41 bits per heavy atom. The van der Waals surface area contributed by atoms with Crippen molar-refractivity contribution in [3.63, 3.8) is 0 Å². The number of halogens is 1. The molecule has 0 fully saturated rings. The number of rotatable bonds is 6. The summed E-state index contributed by atoms with van der Waals surface area (Å²) in [5.41, 5.74) is 1.17. The van der Waals surface area contributed by atoms with Crippen LogP contribution in [0.4, 0.5) is 5.82 Å². The summed E-state index contributed by atoms with van der Waals surface area (Å²) in [4.78, 5) is 4.42. The standard InChI is InChI=1S/C13H21BrN2S/c1-5-13(6-2,17-4)9-16-12-11(14)7-10(3)8-15-12/h7-8H,5-6,9H2,1-4H3,(H,15,16). The van der Waals surface area contributed by atoms with Gasteiger partial charge in [-0.3, -0.25) is 0 Å². The molecular formula is C13H21BrN2S. The Balaban J connectivity index is 2.72. The Bertz CT molecular complexity index is 356. The molecule has 0 amide bonds. The summed E-state index contributed by atoms with van der Waals surface area (Å²) < 4.78 is 1.35. The van der Waals surface area contributed by atoms with E-state index in [4.69, 9.17) is 0 Å². The first-order chi connectivity index (χ1) is 8.06. The van der Waals surface area contributed by atoms with Crippen molar-refractivity contribution in [1.82, 2.24) is 4.98 Å². The molecule has 0 aliphatic carbocycles. The van der Waals surface area contributed by atoms with Crippen LogP contribution in [0.1, 0.15) is 32.3 Å². The molecule has 96 valence electrons. The van der Waals surface area contributed by atoms with Gasteiger partial charge in [-0.25, -0.2) is 4.98 Å². The van der Waals surface area contributed by atoms with Gasteiger partial charge in [0.25, 0.3) is 0 Å². The van der Waals surface area contributed by atoms with E-state index in [1.807, 2.05) is 24.9 Å². The molecule has 4 heteroatoms. The van der Waals surface area contributed by atoms with Crippen LogP contribution in [-0.4, -0.2) is 22.5 Å². The summed E-state index contributed by atoms with van der Waals surface area (Å²) in [6, 6.07) is 2.09. The van der Waals surface area contributed by atoms with Crippen molar-refractivity contribution in [2.75, 3.05) is 18.1 Å². The van der Waals surface area contributed by atoms with E-state index < -0.39 is 0 Å². The Morgan fingerprint density at radius 2 is 2.06 bits per heavy atom. The lowest BCUT2D eigenvalue weighted by atomic mass is 10.0. The number of nitrogens with one attached hydrogen (secondary N) is 1. The maximum absolute atomic E-state index is 4.42. The van der Waals surface area contributed by atoms with Crippen LogP contribution in [0.3, 0.4) is 0 Å². The summed E-state index contributed by atoms with van der Waals surface area (Å²) in [6.07, 6.45) is 6.42. The predicted octanol–water partition coefficient (Wildman–Crippen LogP) is 4.49. The highest BCUT2D eigenvalue weighted by Gasteiger charge is 2.24. The number of hydrogen-bond acceptors (Lipinski definition) is 3. The van der Waals surface area contributed by atoms with Crippen molar-refractivity contribution in [2.24, 2.45) is 0 Å². The van der Waals surface area contributed by atoms with E-state index in [0.717, 1.165) is 16.8 Å². The van der Waals surface area contributed by atoms with Crippen LogP contribution in [0.15, 0.2) is 16.7 Å². The van der Waals surface area contributed by atoms with Gasteiger partial charge >= 0.3 is 0 Å². The second-order valence-electron chi connectivity index (χ2n) is 4.29. The molecule has 2 nitrogen and oxygen atoms in total. The third kappa shape index (κ3) is 3.88. The Kier molecular flexibility index (Phi) is 5.80. The molecule has 1 aromatic heterocycles. The quantitative estimate of drug-likeness (QED) is 0.837. The van der Waals surface area contributed by atoms with Crippen LogP contribution in [0.25, 0.3) is 0 Å². The van der Waals surface area contributed by atoms with Gasteiger partial charge in [0, 0.05) is 17.5 Å². The van der Waals surface area contributed by atoms with Crippen molar-refractivity contribution >= 4 is 33.5 Å². The van der Waals surface area contributed by atoms with Crippen molar-refractivity contribution < 1.29 is 0 Å². The predicted molar refractivity (Wildman–Crippen MR) is 82.0 cm³/mol. The zero-order chi connectivity index (χ0) is 12.9. The number of thioether (sulfide) groups is 1. The Hall–Kier alpha value is -0.220. The number of nitrogens with zero attached hydrogens (tertiary/aromatic N) is 1. The topological polar surface area (TPSA) is 24.9 Å². The molecule has 0 unspecified atom stereocenters. The molecule has 0 aliphatic heterocycles. The summed E-state index contributed by atoms with van der Waals surface area (Å²) in [5.74, 6) is 0.941. The molecule has 1 N–H and O–H groups in total. The fraction of sp³-hybridized carbons (Fsp3) is 0.615. The Morgan fingerprint density at radius 3 is 2.53 bits per heavy atom. The van der Waals surface area contributed by atoms with E-state index in [9.17, 15) is 0 Å². The van der Waals surface area contributed by atoms with Crippen molar-refractivity contribution in [1.29, 1.82) is 0 Å². The van der Waals surface area contributed by atoms with Crippen molar-refractivity contribution in [3.8, 4) is 0 Å². The molecule has 1 rings (SSSR count). The third-order valence-corrected chi connectivity index (χ3v) is 5.47. The van der Waals surface area contributed by atoms with Gasteiger partial charge in [0.1, 0.15) is 5.82 Å². The van der Waals surface area contributed by atoms with Crippen molar-refractivity contribution in [3.05, 3.63) is 22.3 Å². The summed E-state index contributed by atoms with van der Waals surface area (Å²) >= 11 is 5.49. The zero-order valence-corrected chi connectivity index (χ0v) is 13.4. The SMILES string of the molecule is CCC(CC)(CNc1ncc(C)cc1Br)SC. The number of pyridine rings is 1. The molecule has 0 radical (unpaired) electrons. The average molecular weight is 317 g/mol. The fourth-order valence-corrected chi connectivity index (χ4v) is 3.17. The minimum atomic E-state index is 0.312. The molecule has 0 atom stereocenters. The van der Waals surface area contributed by atoms with Crippen LogP contribution in [-0.2, 0) is 0 Å². The molecule has 0 spiro atoms. The van der Waals surface area contributed by atoms with Gasteiger partial charge in [-0.05, 0) is 53.6 Å². The first kappa shape index (κ1) is 14.8. The van der Waals surface area contributed by atoms with E-state index in [2.05, 4.69) is 52.4 Å². The number of anilines is 1. The fourth-order valence-electron chi connectivity index (χ4n) is 1.77. The number of hydrogen-bond donors (Lipinski definition) is 1.